The molecule has 244 valence electrons. The fourth-order valence-electron chi connectivity index (χ4n) is 4.05. The Balaban J connectivity index is 2.15. The van der Waals surface area contributed by atoms with Gasteiger partial charge in [0.1, 0.15) is 27.4 Å². The zero-order chi connectivity index (χ0) is 33.6. The van der Waals surface area contributed by atoms with Gasteiger partial charge in [0.15, 0.2) is 5.82 Å². The van der Waals surface area contributed by atoms with Gasteiger partial charge in [-0.25, -0.2) is 9.17 Å². The van der Waals surface area contributed by atoms with Crippen LogP contribution in [0.5, 0.6) is 0 Å². The van der Waals surface area contributed by atoms with Crippen LogP contribution in [-0.4, -0.2) is 79.3 Å². The molecule has 45 heavy (non-hydrogen) atoms. The maximum absolute atomic E-state index is 12.2. The predicted octanol–water partition coefficient (Wildman–Crippen LogP) is 3.13. The summed E-state index contributed by atoms with van der Waals surface area (Å²) in [6.07, 6.45) is 0.715. The highest BCUT2D eigenvalue weighted by atomic mass is 32.3. The molecule has 1 atom stereocenters. The van der Waals surface area contributed by atoms with Crippen LogP contribution in [0.1, 0.15) is 24.5 Å². The van der Waals surface area contributed by atoms with E-state index in [4.69, 9.17) is 4.55 Å². The second kappa shape index (κ2) is 14.6. The van der Waals surface area contributed by atoms with Crippen molar-refractivity contribution in [2.45, 2.75) is 30.1 Å². The number of hydrogen-bond donors (Lipinski definition) is 5. The number of benzene rings is 2. The molecule has 0 saturated carbocycles. The van der Waals surface area contributed by atoms with Gasteiger partial charge < -0.3 is 10.6 Å². The van der Waals surface area contributed by atoms with Gasteiger partial charge in [0.25, 0.3) is 20.2 Å². The highest BCUT2D eigenvalue weighted by Gasteiger charge is 2.22. The number of nitrogens with one attached hydrogen (secondary N) is 2. The normalized spacial score (nSPS) is 13.2. The molecule has 0 radical (unpaired) electrons. The van der Waals surface area contributed by atoms with E-state index in [2.05, 4.69) is 30.0 Å². The Morgan fingerprint density at radius 3 is 2.20 bits per heavy atom. The van der Waals surface area contributed by atoms with Crippen LogP contribution < -0.4 is 10.6 Å². The summed E-state index contributed by atoms with van der Waals surface area (Å²) < 4.78 is 115. The summed E-state index contributed by atoms with van der Waals surface area (Å²) in [5.74, 6) is 0.743. The second-order valence-corrected chi connectivity index (χ2v) is 14.7. The molecule has 1 heterocycles. The van der Waals surface area contributed by atoms with E-state index in [1.54, 1.807) is 0 Å². The molecule has 3 aromatic rings. The SMILES string of the molecule is CCCS(=O)CCNc1nc(NCCOS(=O)(=O)O)c(N=Nc2cc(S(=O)(=O)O)c3cccc(S(=O)(=O)O)c3c2)c(C)c1C#N. The molecule has 0 bridgehead atoms. The van der Waals surface area contributed by atoms with Gasteiger partial charge in [0.2, 0.25) is 0 Å². The molecule has 0 aliphatic rings. The molecule has 21 heteroatoms. The monoisotopic (exact) mass is 704 g/mol. The molecular formula is C24H28N6O11S4. The number of anilines is 2. The Bertz CT molecular complexity index is 2030. The minimum atomic E-state index is -4.93. The third-order valence-corrected chi connectivity index (χ3v) is 9.72. The lowest BCUT2D eigenvalue weighted by Gasteiger charge is -2.15. The number of nitriles is 1. The molecule has 5 N–H and O–H groups in total. The van der Waals surface area contributed by atoms with Crippen molar-refractivity contribution in [3.8, 4) is 6.07 Å². The number of aromatic nitrogens is 1. The average Bonchev–Trinajstić information content (AvgIpc) is 2.92. The zero-order valence-corrected chi connectivity index (χ0v) is 26.9. The number of azo groups is 1. The van der Waals surface area contributed by atoms with Crippen LogP contribution in [0, 0.1) is 18.3 Å². The van der Waals surface area contributed by atoms with Crippen molar-refractivity contribution in [1.82, 2.24) is 4.98 Å². The summed E-state index contributed by atoms with van der Waals surface area (Å²) in [6.45, 7) is 2.76. The quantitative estimate of drug-likeness (QED) is 0.0863. The van der Waals surface area contributed by atoms with E-state index < -0.39 is 57.8 Å². The number of hydrogen-bond acceptors (Lipinski definition) is 14. The highest BCUT2D eigenvalue weighted by Crippen LogP contribution is 2.37. The van der Waals surface area contributed by atoms with Crippen molar-refractivity contribution in [1.29, 1.82) is 5.26 Å². The Morgan fingerprint density at radius 1 is 0.933 bits per heavy atom. The van der Waals surface area contributed by atoms with Crippen LogP contribution in [-0.2, 0) is 45.6 Å². The molecule has 1 unspecified atom stereocenters. The maximum Gasteiger partial charge on any atom is 0.397 e. The van der Waals surface area contributed by atoms with E-state index in [0.29, 0.717) is 12.2 Å². The topological polar surface area (TPSA) is 275 Å². The van der Waals surface area contributed by atoms with Crippen molar-refractivity contribution in [2.24, 2.45) is 10.2 Å². The highest BCUT2D eigenvalue weighted by molar-refractivity contribution is 7.86. The first-order chi connectivity index (χ1) is 21.0. The van der Waals surface area contributed by atoms with E-state index in [1.807, 2.05) is 13.0 Å². The van der Waals surface area contributed by atoms with Crippen molar-refractivity contribution in [3.63, 3.8) is 0 Å². The molecular weight excluding hydrogens is 677 g/mol. The molecule has 1 aromatic heterocycles. The van der Waals surface area contributed by atoms with Gasteiger partial charge in [-0.15, -0.1) is 5.11 Å². The standard InChI is InChI=1S/C24H28N6O11S4/c1-3-10-42(31)11-8-27-23-19(14-25)15(2)22(24(28-23)26-7-9-41-45(38,39)40)30-29-16-12-18-17(21(13-16)44(35,36)37)5-4-6-20(18)43(32,33)34/h4-6,12-13H,3,7-11H2,1-2H3,(H2,26,27,28)(H,32,33,34)(H,35,36,37)(H,38,39,40). The van der Waals surface area contributed by atoms with Crippen molar-refractivity contribution in [3.05, 3.63) is 41.5 Å². The first-order valence-electron chi connectivity index (χ1n) is 12.8. The average molecular weight is 705 g/mol. The van der Waals surface area contributed by atoms with Crippen molar-refractivity contribution >= 4 is 75.2 Å². The van der Waals surface area contributed by atoms with E-state index in [9.17, 15) is 43.8 Å². The molecule has 0 saturated heterocycles. The largest absolute Gasteiger partial charge is 0.397 e. The smallest absolute Gasteiger partial charge is 0.368 e. The molecule has 17 nitrogen and oxygen atoms in total. The number of nitrogens with zero attached hydrogens (tertiary/aromatic N) is 4. The van der Waals surface area contributed by atoms with Gasteiger partial charge in [0.05, 0.1) is 17.9 Å². The summed E-state index contributed by atoms with van der Waals surface area (Å²) in [7, 11) is -15.6. The lowest BCUT2D eigenvalue weighted by atomic mass is 10.1. The Hall–Kier alpha value is -3.62. The van der Waals surface area contributed by atoms with Crippen LogP contribution in [0.25, 0.3) is 10.8 Å². The third kappa shape index (κ3) is 9.68. The number of pyridine rings is 1. The third-order valence-electron chi connectivity index (χ3n) is 5.93. The lowest BCUT2D eigenvalue weighted by Crippen LogP contribution is -2.17. The van der Waals surface area contributed by atoms with E-state index >= 15 is 0 Å². The number of fused-ring (bicyclic) bond motifs is 1. The van der Waals surface area contributed by atoms with Gasteiger partial charge >= 0.3 is 10.4 Å². The van der Waals surface area contributed by atoms with Crippen LogP contribution in [0.15, 0.2) is 50.4 Å². The Morgan fingerprint density at radius 2 is 1.60 bits per heavy atom. The lowest BCUT2D eigenvalue weighted by molar-refractivity contribution is 0.278. The molecule has 0 amide bonds. The first-order valence-corrected chi connectivity index (χ1v) is 18.5. The first kappa shape index (κ1) is 35.9. The summed E-state index contributed by atoms with van der Waals surface area (Å²) in [4.78, 5) is 2.94. The summed E-state index contributed by atoms with van der Waals surface area (Å²) in [5.41, 5.74) is -0.169. The molecule has 0 fully saturated rings. The predicted molar refractivity (Wildman–Crippen MR) is 164 cm³/mol. The van der Waals surface area contributed by atoms with E-state index in [-0.39, 0.29) is 63.8 Å². The fourth-order valence-corrected chi connectivity index (χ4v) is 6.75. The van der Waals surface area contributed by atoms with Gasteiger partial charge in [-0.3, -0.25) is 17.9 Å². The maximum atomic E-state index is 12.2. The van der Waals surface area contributed by atoms with Gasteiger partial charge in [-0.1, -0.05) is 19.1 Å². The van der Waals surface area contributed by atoms with Gasteiger partial charge in [0, 0.05) is 51.7 Å². The van der Waals surface area contributed by atoms with E-state index in [0.717, 1.165) is 18.2 Å². The van der Waals surface area contributed by atoms with Crippen LogP contribution in [0.4, 0.5) is 23.0 Å². The summed E-state index contributed by atoms with van der Waals surface area (Å²) in [5, 5.41) is 23.1. The van der Waals surface area contributed by atoms with Gasteiger partial charge in [-0.2, -0.15) is 35.6 Å². The molecule has 3 rings (SSSR count). The van der Waals surface area contributed by atoms with Crippen LogP contribution in [0.3, 0.4) is 0 Å². The Labute approximate surface area is 261 Å². The molecule has 0 aliphatic carbocycles. The number of rotatable bonds is 15. The summed E-state index contributed by atoms with van der Waals surface area (Å²) in [6, 6.07) is 7.38. The van der Waals surface area contributed by atoms with Crippen LogP contribution >= 0.6 is 0 Å². The van der Waals surface area contributed by atoms with Crippen molar-refractivity contribution in [2.75, 3.05) is 41.8 Å². The Kier molecular flexibility index (Phi) is 11.7. The van der Waals surface area contributed by atoms with Crippen LogP contribution in [0.2, 0.25) is 0 Å². The zero-order valence-electron chi connectivity index (χ0n) is 23.7. The fraction of sp³-hybridized carbons (Fsp3) is 0.333. The second-order valence-electron chi connectivity index (χ2n) is 9.17. The van der Waals surface area contributed by atoms with Gasteiger partial charge in [-0.05, 0) is 31.5 Å². The minimum absolute atomic E-state index is 0.00996. The van der Waals surface area contributed by atoms with E-state index in [1.165, 1.54) is 19.1 Å². The molecule has 0 aliphatic heterocycles. The summed E-state index contributed by atoms with van der Waals surface area (Å²) >= 11 is 0. The van der Waals surface area contributed by atoms with Crippen molar-refractivity contribution < 1.29 is 47.3 Å². The molecule has 2 aromatic carbocycles. The minimum Gasteiger partial charge on any atom is -0.368 e. The molecule has 0 spiro atoms.